The molecule has 0 bridgehead atoms. The second-order valence-corrected chi connectivity index (χ2v) is 9.31. The third kappa shape index (κ3) is 4.97. The fourth-order valence-electron chi connectivity index (χ4n) is 4.58. The molecule has 8 heteroatoms. The average molecular weight is 463 g/mol. The van der Waals surface area contributed by atoms with E-state index in [-0.39, 0.29) is 11.8 Å². The zero-order valence-electron chi connectivity index (χ0n) is 20.1. The van der Waals surface area contributed by atoms with Gasteiger partial charge in [0.25, 0.3) is 0 Å². The Morgan fingerprint density at radius 1 is 1.09 bits per heavy atom. The van der Waals surface area contributed by atoms with Crippen LogP contribution in [0.5, 0.6) is 11.8 Å². The van der Waals surface area contributed by atoms with Crippen molar-refractivity contribution in [2.75, 3.05) is 50.0 Å². The number of nitrogens with one attached hydrogen (secondary N) is 1. The van der Waals surface area contributed by atoms with Crippen molar-refractivity contribution in [2.45, 2.75) is 33.1 Å². The lowest BCUT2D eigenvalue weighted by Gasteiger charge is -2.33. The summed E-state index contributed by atoms with van der Waals surface area (Å²) in [6.07, 6.45) is 6.86. The quantitative estimate of drug-likeness (QED) is 0.673. The summed E-state index contributed by atoms with van der Waals surface area (Å²) in [5.74, 6) is 2.33. The molecule has 1 saturated heterocycles. The van der Waals surface area contributed by atoms with Crippen molar-refractivity contribution in [1.29, 1.82) is 0 Å². The fraction of sp³-hybridized carbons (Fsp3) is 0.423. The molecule has 1 N–H and O–H groups in total. The van der Waals surface area contributed by atoms with E-state index in [1.807, 2.05) is 25.1 Å². The number of anilines is 2. The number of piperazine rings is 1. The van der Waals surface area contributed by atoms with Crippen LogP contribution in [0.3, 0.4) is 0 Å². The van der Waals surface area contributed by atoms with Crippen LogP contribution >= 0.6 is 0 Å². The van der Waals surface area contributed by atoms with Crippen molar-refractivity contribution < 1.29 is 9.13 Å². The SMILES string of the molecule is CCCC1=CC(Nc2cc(N3CCN(C)CC3)nc(Oc3cc(F)c4c(c3)C=C(C)C4)n2)=NC1. The first kappa shape index (κ1) is 22.5. The van der Waals surface area contributed by atoms with Crippen LogP contribution in [0.25, 0.3) is 6.08 Å². The predicted molar refractivity (Wildman–Crippen MR) is 134 cm³/mol. The number of benzene rings is 1. The number of hydrogen-bond donors (Lipinski definition) is 1. The Balaban J connectivity index is 1.43. The maximum atomic E-state index is 14.7. The maximum absolute atomic E-state index is 14.7. The lowest BCUT2D eigenvalue weighted by molar-refractivity contribution is 0.311. The first-order valence-corrected chi connectivity index (χ1v) is 12.0. The molecule has 3 heterocycles. The number of likely N-dealkylation sites (N-methyl/N-ethyl adjacent to an activating group) is 1. The van der Waals surface area contributed by atoms with E-state index >= 15 is 0 Å². The highest BCUT2D eigenvalue weighted by atomic mass is 19.1. The summed E-state index contributed by atoms with van der Waals surface area (Å²) in [7, 11) is 2.12. The third-order valence-corrected chi connectivity index (χ3v) is 6.41. The normalized spacial score (nSPS) is 17.9. The minimum atomic E-state index is -0.261. The Labute approximate surface area is 200 Å². The van der Waals surface area contributed by atoms with E-state index in [1.165, 1.54) is 11.6 Å². The highest BCUT2D eigenvalue weighted by Crippen LogP contribution is 2.33. The molecule has 5 rings (SSSR count). The van der Waals surface area contributed by atoms with Crippen LogP contribution in [0.2, 0.25) is 0 Å². The molecular formula is C26H31FN6O. The fourth-order valence-corrected chi connectivity index (χ4v) is 4.58. The van der Waals surface area contributed by atoms with Crippen molar-refractivity contribution in [3.8, 4) is 11.8 Å². The molecule has 0 radical (unpaired) electrons. The van der Waals surface area contributed by atoms with Gasteiger partial charge in [-0.1, -0.05) is 25.0 Å². The van der Waals surface area contributed by atoms with Gasteiger partial charge in [0.05, 0.1) is 6.54 Å². The van der Waals surface area contributed by atoms with Gasteiger partial charge in [0.1, 0.15) is 29.0 Å². The summed E-state index contributed by atoms with van der Waals surface area (Å²) in [5, 5.41) is 3.32. The van der Waals surface area contributed by atoms with E-state index in [2.05, 4.69) is 50.1 Å². The van der Waals surface area contributed by atoms with Gasteiger partial charge in [0, 0.05) is 38.3 Å². The van der Waals surface area contributed by atoms with Crippen LogP contribution in [0.15, 0.2) is 40.4 Å². The van der Waals surface area contributed by atoms with Crippen LogP contribution in [-0.4, -0.2) is 60.5 Å². The Bertz CT molecular complexity index is 1180. The number of ether oxygens (including phenoxy) is 1. The van der Waals surface area contributed by atoms with Gasteiger partial charge >= 0.3 is 6.01 Å². The zero-order chi connectivity index (χ0) is 23.7. The van der Waals surface area contributed by atoms with Crippen molar-refractivity contribution in [3.63, 3.8) is 0 Å². The molecule has 1 aliphatic carbocycles. The van der Waals surface area contributed by atoms with Crippen molar-refractivity contribution in [2.24, 2.45) is 4.99 Å². The summed E-state index contributed by atoms with van der Waals surface area (Å²) in [6.45, 7) is 8.54. The zero-order valence-corrected chi connectivity index (χ0v) is 20.1. The summed E-state index contributed by atoms with van der Waals surface area (Å²) in [4.78, 5) is 18.4. The van der Waals surface area contributed by atoms with E-state index in [0.29, 0.717) is 23.6 Å². The Kier molecular flexibility index (Phi) is 6.32. The van der Waals surface area contributed by atoms with E-state index in [4.69, 9.17) is 4.74 Å². The van der Waals surface area contributed by atoms with Gasteiger partial charge in [-0.15, -0.1) is 0 Å². The van der Waals surface area contributed by atoms with Gasteiger partial charge in [0.15, 0.2) is 0 Å². The van der Waals surface area contributed by atoms with Gasteiger partial charge in [0.2, 0.25) is 0 Å². The predicted octanol–water partition coefficient (Wildman–Crippen LogP) is 4.67. The molecule has 0 amide bonds. The van der Waals surface area contributed by atoms with Crippen LogP contribution < -0.4 is 15.0 Å². The molecular weight excluding hydrogens is 431 g/mol. The maximum Gasteiger partial charge on any atom is 0.325 e. The number of rotatable bonds is 6. The van der Waals surface area contributed by atoms with Gasteiger partial charge in [-0.05, 0) is 55.7 Å². The molecule has 7 nitrogen and oxygen atoms in total. The minimum absolute atomic E-state index is 0.188. The number of aliphatic imine (C=N–C) groups is 1. The molecule has 0 saturated carbocycles. The van der Waals surface area contributed by atoms with Crippen LogP contribution in [0, 0.1) is 5.82 Å². The van der Waals surface area contributed by atoms with Gasteiger partial charge in [-0.2, -0.15) is 9.97 Å². The molecule has 3 aliphatic rings. The van der Waals surface area contributed by atoms with Gasteiger partial charge < -0.3 is 19.9 Å². The lowest BCUT2D eigenvalue weighted by atomic mass is 10.1. The van der Waals surface area contributed by atoms with Crippen molar-refractivity contribution >= 4 is 23.5 Å². The monoisotopic (exact) mass is 462 g/mol. The van der Waals surface area contributed by atoms with E-state index in [9.17, 15) is 4.39 Å². The van der Waals surface area contributed by atoms with Crippen molar-refractivity contribution in [1.82, 2.24) is 14.9 Å². The smallest absolute Gasteiger partial charge is 0.325 e. The second kappa shape index (κ2) is 9.54. The molecule has 1 fully saturated rings. The van der Waals surface area contributed by atoms with Gasteiger partial charge in [-0.25, -0.2) is 4.39 Å². The molecule has 1 aromatic heterocycles. The number of halogens is 1. The molecule has 1 aromatic carbocycles. The van der Waals surface area contributed by atoms with Crippen LogP contribution in [0.4, 0.5) is 16.0 Å². The third-order valence-electron chi connectivity index (χ3n) is 6.41. The Hall–Kier alpha value is -3.26. The first-order chi connectivity index (χ1) is 16.5. The number of hydrogen-bond acceptors (Lipinski definition) is 7. The minimum Gasteiger partial charge on any atom is -0.424 e. The highest BCUT2D eigenvalue weighted by molar-refractivity contribution is 6.05. The number of nitrogens with zero attached hydrogens (tertiary/aromatic N) is 5. The second-order valence-electron chi connectivity index (χ2n) is 9.31. The number of amidine groups is 1. The van der Waals surface area contributed by atoms with E-state index in [1.54, 1.807) is 0 Å². The van der Waals surface area contributed by atoms with Crippen molar-refractivity contribution in [3.05, 3.63) is 52.4 Å². The molecule has 34 heavy (non-hydrogen) atoms. The molecule has 0 spiro atoms. The summed E-state index contributed by atoms with van der Waals surface area (Å²) >= 11 is 0. The van der Waals surface area contributed by atoms with E-state index < -0.39 is 0 Å². The topological polar surface area (TPSA) is 65.9 Å². The Morgan fingerprint density at radius 3 is 2.71 bits per heavy atom. The largest absolute Gasteiger partial charge is 0.424 e. The summed E-state index contributed by atoms with van der Waals surface area (Å²) < 4.78 is 20.7. The molecule has 178 valence electrons. The highest BCUT2D eigenvalue weighted by Gasteiger charge is 2.20. The number of allylic oxidation sites excluding steroid dienone is 1. The van der Waals surface area contributed by atoms with Crippen LogP contribution in [-0.2, 0) is 6.42 Å². The Morgan fingerprint density at radius 2 is 1.91 bits per heavy atom. The first-order valence-electron chi connectivity index (χ1n) is 12.0. The number of aromatic nitrogens is 2. The standard InChI is InChI=1S/C26H31FN6O/c1-4-5-18-12-23(28-16-18)29-24-15-25(33-8-6-32(3)7-9-33)31-26(30-24)34-20-13-19-10-17(2)11-21(19)22(27)14-20/h10,12-15H,4-9,11,16H2,1-3H3,(H,28,29,30,31). The average Bonchev–Trinajstić information content (AvgIpc) is 3.40. The molecule has 2 aromatic rings. The molecule has 2 aliphatic heterocycles. The summed E-state index contributed by atoms with van der Waals surface area (Å²) in [5.41, 5.74) is 4.02. The van der Waals surface area contributed by atoms with Gasteiger partial charge in [-0.3, -0.25) is 4.99 Å². The summed E-state index contributed by atoms with van der Waals surface area (Å²) in [6, 6.07) is 5.40. The molecule has 0 unspecified atom stereocenters. The lowest BCUT2D eigenvalue weighted by Crippen LogP contribution is -2.44. The number of fused-ring (bicyclic) bond motifs is 1. The van der Waals surface area contributed by atoms with E-state index in [0.717, 1.165) is 68.4 Å². The molecule has 0 atom stereocenters. The van der Waals surface area contributed by atoms with Crippen LogP contribution in [0.1, 0.15) is 37.8 Å².